The molecule has 2 fully saturated rings. The molecule has 0 radical (unpaired) electrons. The van der Waals surface area contributed by atoms with Crippen molar-refractivity contribution < 1.29 is 19.4 Å². The molecule has 0 aliphatic heterocycles. The van der Waals surface area contributed by atoms with Crippen molar-refractivity contribution >= 4 is 11.6 Å². The summed E-state index contributed by atoms with van der Waals surface area (Å²) in [6.07, 6.45) is 11.8. The molecule has 0 spiro atoms. The number of fused-ring (bicyclic) bond motifs is 5. The van der Waals surface area contributed by atoms with Gasteiger partial charge in [-0.05, 0) is 74.2 Å². The summed E-state index contributed by atoms with van der Waals surface area (Å²) in [4.78, 5) is 25.2. The minimum absolute atomic E-state index is 0.0151. The van der Waals surface area contributed by atoms with Crippen LogP contribution in [0.15, 0.2) is 23.3 Å². The van der Waals surface area contributed by atoms with E-state index in [-0.39, 0.29) is 35.7 Å². The van der Waals surface area contributed by atoms with Crippen LogP contribution in [0.25, 0.3) is 0 Å². The first kappa shape index (κ1) is 22.0. The van der Waals surface area contributed by atoms with Crippen molar-refractivity contribution in [2.75, 3.05) is 19.8 Å². The van der Waals surface area contributed by atoms with Crippen LogP contribution in [0.4, 0.5) is 0 Å². The minimum Gasteiger partial charge on any atom is -0.396 e. The Morgan fingerprint density at radius 3 is 2.83 bits per heavy atom. The molecule has 0 saturated heterocycles. The largest absolute Gasteiger partial charge is 0.396 e. The van der Waals surface area contributed by atoms with Crippen molar-refractivity contribution in [2.24, 2.45) is 34.5 Å². The Balaban J connectivity index is 1.53. The number of Topliss-reactive ketones (excluding diaryl/α,β-unsaturated/α-hetero) is 1. The number of hydrogen-bond acceptors (Lipinski definition) is 4. The lowest BCUT2D eigenvalue weighted by molar-refractivity contribution is -0.133. The topological polar surface area (TPSA) is 63.6 Å². The summed E-state index contributed by atoms with van der Waals surface area (Å²) in [6.45, 7) is 7.89. The maximum atomic E-state index is 13.2. The van der Waals surface area contributed by atoms with Crippen molar-refractivity contribution in [3.63, 3.8) is 0 Å². The highest BCUT2D eigenvalue weighted by atomic mass is 16.5. The number of ether oxygens (including phenoxy) is 1. The van der Waals surface area contributed by atoms with Gasteiger partial charge in [-0.1, -0.05) is 38.0 Å². The number of carbonyl (C=O) groups is 2. The molecular weight excluding hydrogens is 376 g/mol. The number of aliphatic hydroxyl groups is 1. The molecule has 6 unspecified atom stereocenters. The molecular formula is C26H38O4. The third-order valence-corrected chi connectivity index (χ3v) is 8.96. The lowest BCUT2D eigenvalue weighted by Gasteiger charge is -2.53. The number of ketones is 2. The van der Waals surface area contributed by atoms with E-state index in [0.29, 0.717) is 36.6 Å². The van der Waals surface area contributed by atoms with Crippen molar-refractivity contribution in [1.82, 2.24) is 0 Å². The highest BCUT2D eigenvalue weighted by Gasteiger charge is 2.59. The predicted octanol–water partition coefficient (Wildman–Crippen LogP) is 4.66. The van der Waals surface area contributed by atoms with Crippen LogP contribution in [0.1, 0.15) is 72.1 Å². The van der Waals surface area contributed by atoms with Gasteiger partial charge in [0, 0.05) is 31.0 Å². The molecule has 4 heteroatoms. The normalized spacial score (nSPS) is 40.2. The lowest BCUT2D eigenvalue weighted by atomic mass is 9.51. The van der Waals surface area contributed by atoms with Crippen LogP contribution >= 0.6 is 0 Å². The zero-order chi connectivity index (χ0) is 21.5. The Morgan fingerprint density at radius 1 is 1.27 bits per heavy atom. The van der Waals surface area contributed by atoms with Crippen molar-refractivity contribution in [1.29, 1.82) is 0 Å². The van der Waals surface area contributed by atoms with Gasteiger partial charge in [-0.3, -0.25) is 9.59 Å². The number of rotatable bonds is 7. The quantitative estimate of drug-likeness (QED) is 0.486. The van der Waals surface area contributed by atoms with Gasteiger partial charge in [0.05, 0.1) is 0 Å². The zero-order valence-electron chi connectivity index (χ0n) is 18.9. The number of unbranched alkanes of at least 4 members (excludes halogenated alkanes) is 1. The molecule has 0 bridgehead atoms. The molecule has 4 nitrogen and oxygen atoms in total. The maximum Gasteiger partial charge on any atom is 0.162 e. The molecule has 30 heavy (non-hydrogen) atoms. The van der Waals surface area contributed by atoms with E-state index in [0.717, 1.165) is 44.9 Å². The zero-order valence-corrected chi connectivity index (χ0v) is 18.9. The van der Waals surface area contributed by atoms with Crippen LogP contribution in [-0.2, 0) is 14.3 Å². The Kier molecular flexibility index (Phi) is 6.11. The smallest absolute Gasteiger partial charge is 0.162 e. The van der Waals surface area contributed by atoms with Crippen LogP contribution in [-0.4, -0.2) is 36.5 Å². The van der Waals surface area contributed by atoms with Crippen molar-refractivity contribution in [3.8, 4) is 0 Å². The van der Waals surface area contributed by atoms with Gasteiger partial charge >= 0.3 is 0 Å². The van der Waals surface area contributed by atoms with Gasteiger partial charge in [0.25, 0.3) is 0 Å². The monoisotopic (exact) mass is 414 g/mol. The molecule has 166 valence electrons. The molecule has 4 aliphatic carbocycles. The molecule has 1 N–H and O–H groups in total. The minimum atomic E-state index is 0.0151. The maximum absolute atomic E-state index is 13.2. The number of aliphatic hydroxyl groups excluding tert-OH is 1. The SMILES string of the molecule is CC1CC2C3CCC4=CC(=O)CCC4(C)C3=CCC2(C)C1C(=O)COCCCCO. The Labute approximate surface area is 181 Å². The third kappa shape index (κ3) is 3.54. The predicted molar refractivity (Wildman–Crippen MR) is 117 cm³/mol. The Morgan fingerprint density at radius 2 is 2.07 bits per heavy atom. The van der Waals surface area contributed by atoms with E-state index in [1.807, 2.05) is 6.08 Å². The van der Waals surface area contributed by atoms with Gasteiger partial charge in [0.2, 0.25) is 0 Å². The number of carbonyl (C=O) groups excluding carboxylic acids is 2. The second-order valence-electron chi connectivity index (χ2n) is 10.7. The highest BCUT2D eigenvalue weighted by molar-refractivity contribution is 5.92. The van der Waals surface area contributed by atoms with E-state index in [1.165, 1.54) is 5.57 Å². The van der Waals surface area contributed by atoms with E-state index >= 15 is 0 Å². The van der Waals surface area contributed by atoms with Crippen LogP contribution in [0.3, 0.4) is 0 Å². The molecule has 0 aromatic rings. The molecule has 4 aliphatic rings. The molecule has 0 heterocycles. The summed E-state index contributed by atoms with van der Waals surface area (Å²) in [5.41, 5.74) is 2.98. The average molecular weight is 415 g/mol. The van der Waals surface area contributed by atoms with Gasteiger partial charge in [0.1, 0.15) is 6.61 Å². The van der Waals surface area contributed by atoms with Crippen LogP contribution in [0.5, 0.6) is 0 Å². The fourth-order valence-corrected chi connectivity index (χ4v) is 7.49. The summed E-state index contributed by atoms with van der Waals surface area (Å²) in [7, 11) is 0. The Bertz CT molecular complexity index is 765. The van der Waals surface area contributed by atoms with Gasteiger partial charge in [-0.2, -0.15) is 0 Å². The van der Waals surface area contributed by atoms with Gasteiger partial charge in [-0.15, -0.1) is 0 Å². The fraction of sp³-hybridized carbons (Fsp3) is 0.769. The molecule has 0 amide bonds. The molecule has 4 rings (SSSR count). The lowest BCUT2D eigenvalue weighted by Crippen LogP contribution is -2.46. The van der Waals surface area contributed by atoms with E-state index in [4.69, 9.17) is 9.84 Å². The average Bonchev–Trinajstić information content (AvgIpc) is 2.98. The van der Waals surface area contributed by atoms with Crippen molar-refractivity contribution in [2.45, 2.75) is 72.1 Å². The number of hydrogen-bond donors (Lipinski definition) is 1. The molecule has 0 aromatic carbocycles. The number of allylic oxidation sites excluding steroid dienone is 4. The fourth-order valence-electron chi connectivity index (χ4n) is 7.49. The third-order valence-electron chi connectivity index (χ3n) is 8.96. The van der Waals surface area contributed by atoms with Crippen LogP contribution < -0.4 is 0 Å². The molecule has 2 saturated carbocycles. The van der Waals surface area contributed by atoms with E-state index in [9.17, 15) is 9.59 Å². The first-order chi connectivity index (χ1) is 14.3. The summed E-state index contributed by atoms with van der Waals surface area (Å²) in [6, 6.07) is 0. The van der Waals surface area contributed by atoms with Gasteiger partial charge in [-0.25, -0.2) is 0 Å². The summed E-state index contributed by atoms with van der Waals surface area (Å²) >= 11 is 0. The van der Waals surface area contributed by atoms with E-state index in [2.05, 4.69) is 26.8 Å². The summed E-state index contributed by atoms with van der Waals surface area (Å²) in [5.74, 6) is 2.10. The first-order valence-corrected chi connectivity index (χ1v) is 12.0. The van der Waals surface area contributed by atoms with Crippen LogP contribution in [0.2, 0.25) is 0 Å². The van der Waals surface area contributed by atoms with Crippen LogP contribution in [0, 0.1) is 34.5 Å². The van der Waals surface area contributed by atoms with E-state index in [1.54, 1.807) is 5.57 Å². The Hall–Kier alpha value is -1.26. The van der Waals surface area contributed by atoms with E-state index < -0.39 is 0 Å². The summed E-state index contributed by atoms with van der Waals surface area (Å²) < 4.78 is 5.67. The second-order valence-corrected chi connectivity index (χ2v) is 10.7. The first-order valence-electron chi connectivity index (χ1n) is 12.0. The standard InChI is InChI=1S/C26H38O4/c1-17-14-22-20-7-6-18-15-19(28)8-10-25(18,2)21(20)9-11-26(22,3)24(17)23(29)16-30-13-5-4-12-27/h9,15,17,20,22,24,27H,4-8,10-14,16H2,1-3H3. The molecule has 6 atom stereocenters. The van der Waals surface area contributed by atoms with Gasteiger partial charge < -0.3 is 9.84 Å². The highest BCUT2D eigenvalue weighted by Crippen LogP contribution is 2.65. The molecule has 0 aromatic heterocycles. The van der Waals surface area contributed by atoms with Gasteiger partial charge in [0.15, 0.2) is 11.6 Å². The summed E-state index contributed by atoms with van der Waals surface area (Å²) in [5, 5.41) is 8.90. The van der Waals surface area contributed by atoms with Crippen molar-refractivity contribution in [3.05, 3.63) is 23.3 Å². The second kappa shape index (κ2) is 8.35.